The molecule has 1 aromatic rings. The van der Waals surface area contributed by atoms with E-state index in [4.69, 9.17) is 4.74 Å². The van der Waals surface area contributed by atoms with Crippen LogP contribution >= 0.6 is 0 Å². The van der Waals surface area contributed by atoms with E-state index in [-0.39, 0.29) is 12.0 Å². The molecule has 0 saturated heterocycles. The maximum absolute atomic E-state index is 10.9. The summed E-state index contributed by atoms with van der Waals surface area (Å²) in [6, 6.07) is 7.78. The van der Waals surface area contributed by atoms with Gasteiger partial charge in [0, 0.05) is 17.8 Å². The van der Waals surface area contributed by atoms with E-state index in [1.54, 1.807) is 13.3 Å². The van der Waals surface area contributed by atoms with Crippen molar-refractivity contribution < 1.29 is 14.3 Å². The molecule has 0 bridgehead atoms. The number of para-hydroxylation sites is 1. The standard InChI is InChI=1S/C13H17NO3/c1-10(14-9-8-13(15)17-3)11-6-4-5-7-12(11)16-2/h4-10,14H,1-3H3/b9-8+/t10-/m0/s1. The lowest BCUT2D eigenvalue weighted by atomic mass is 10.1. The van der Waals surface area contributed by atoms with Crippen molar-refractivity contribution in [2.75, 3.05) is 14.2 Å². The molecule has 0 aliphatic heterocycles. The lowest BCUT2D eigenvalue weighted by Crippen LogP contribution is -2.13. The lowest BCUT2D eigenvalue weighted by Gasteiger charge is -2.15. The van der Waals surface area contributed by atoms with Crippen LogP contribution in [0.5, 0.6) is 5.75 Å². The lowest BCUT2D eigenvalue weighted by molar-refractivity contribution is -0.134. The van der Waals surface area contributed by atoms with Gasteiger partial charge in [0.25, 0.3) is 0 Å². The van der Waals surface area contributed by atoms with Gasteiger partial charge in [-0.3, -0.25) is 0 Å². The quantitative estimate of drug-likeness (QED) is 0.626. The molecule has 1 rings (SSSR count). The highest BCUT2D eigenvalue weighted by atomic mass is 16.5. The number of benzene rings is 1. The van der Waals surface area contributed by atoms with Crippen molar-refractivity contribution >= 4 is 5.97 Å². The molecule has 0 aliphatic carbocycles. The van der Waals surface area contributed by atoms with Gasteiger partial charge in [-0.05, 0) is 13.0 Å². The van der Waals surface area contributed by atoms with Gasteiger partial charge in [-0.1, -0.05) is 18.2 Å². The summed E-state index contributed by atoms with van der Waals surface area (Å²) >= 11 is 0. The van der Waals surface area contributed by atoms with Gasteiger partial charge < -0.3 is 14.8 Å². The summed E-state index contributed by atoms with van der Waals surface area (Å²) in [7, 11) is 2.98. The monoisotopic (exact) mass is 235 g/mol. The van der Waals surface area contributed by atoms with Crippen LogP contribution in [0.2, 0.25) is 0 Å². The molecule has 1 N–H and O–H groups in total. The molecular formula is C13H17NO3. The van der Waals surface area contributed by atoms with Crippen LogP contribution < -0.4 is 10.1 Å². The molecule has 0 heterocycles. The highest BCUT2D eigenvalue weighted by Crippen LogP contribution is 2.23. The fourth-order valence-electron chi connectivity index (χ4n) is 1.44. The fourth-order valence-corrected chi connectivity index (χ4v) is 1.44. The molecule has 0 radical (unpaired) electrons. The summed E-state index contributed by atoms with van der Waals surface area (Å²) in [6.07, 6.45) is 2.91. The number of rotatable bonds is 5. The number of esters is 1. The second-order valence-corrected chi connectivity index (χ2v) is 3.49. The number of carbonyl (C=O) groups is 1. The number of carbonyl (C=O) groups excluding carboxylic acids is 1. The first kappa shape index (κ1) is 13.1. The molecular weight excluding hydrogens is 218 g/mol. The van der Waals surface area contributed by atoms with Crippen molar-refractivity contribution in [1.29, 1.82) is 0 Å². The number of hydrogen-bond acceptors (Lipinski definition) is 4. The average molecular weight is 235 g/mol. The van der Waals surface area contributed by atoms with Gasteiger partial charge in [-0.15, -0.1) is 0 Å². The molecule has 0 spiro atoms. The summed E-state index contributed by atoms with van der Waals surface area (Å²) in [6.45, 7) is 1.99. The third kappa shape index (κ3) is 3.83. The molecule has 4 heteroatoms. The molecule has 0 amide bonds. The van der Waals surface area contributed by atoms with Crippen molar-refractivity contribution in [2.45, 2.75) is 13.0 Å². The molecule has 4 nitrogen and oxygen atoms in total. The van der Waals surface area contributed by atoms with Crippen LogP contribution in [0, 0.1) is 0 Å². The third-order valence-electron chi connectivity index (χ3n) is 2.37. The summed E-state index contributed by atoms with van der Waals surface area (Å²) in [5.74, 6) is 0.434. The van der Waals surface area contributed by atoms with Crippen LogP contribution in [0.25, 0.3) is 0 Å². The van der Waals surface area contributed by atoms with Crippen LogP contribution in [0.4, 0.5) is 0 Å². The van der Waals surface area contributed by atoms with E-state index >= 15 is 0 Å². The second kappa shape index (κ2) is 6.58. The number of hydrogen-bond donors (Lipinski definition) is 1. The molecule has 92 valence electrons. The number of methoxy groups -OCH3 is 2. The Balaban J connectivity index is 2.66. The van der Waals surface area contributed by atoms with E-state index in [1.165, 1.54) is 13.2 Å². The minimum absolute atomic E-state index is 0.0482. The predicted molar refractivity (Wildman–Crippen MR) is 65.7 cm³/mol. The third-order valence-corrected chi connectivity index (χ3v) is 2.37. The van der Waals surface area contributed by atoms with Crippen LogP contribution in [0.3, 0.4) is 0 Å². The van der Waals surface area contributed by atoms with Crippen molar-refractivity contribution in [2.24, 2.45) is 0 Å². The smallest absolute Gasteiger partial charge is 0.331 e. The molecule has 0 aromatic heterocycles. The minimum atomic E-state index is -0.385. The molecule has 17 heavy (non-hydrogen) atoms. The SMILES string of the molecule is COC(=O)/C=C/N[C@@H](C)c1ccccc1OC. The van der Waals surface area contributed by atoms with Crippen molar-refractivity contribution in [3.63, 3.8) is 0 Å². The van der Waals surface area contributed by atoms with Gasteiger partial charge in [0.15, 0.2) is 0 Å². The Kier molecular flexibility index (Phi) is 5.07. The maximum atomic E-state index is 10.9. The van der Waals surface area contributed by atoms with E-state index < -0.39 is 0 Å². The first-order valence-electron chi connectivity index (χ1n) is 5.32. The van der Waals surface area contributed by atoms with Gasteiger partial charge in [0.2, 0.25) is 0 Å². The summed E-state index contributed by atoms with van der Waals surface area (Å²) in [4.78, 5) is 10.9. The van der Waals surface area contributed by atoms with Crippen LogP contribution in [-0.4, -0.2) is 20.2 Å². The molecule has 1 atom stereocenters. The molecule has 1 aromatic carbocycles. The van der Waals surface area contributed by atoms with Gasteiger partial charge in [-0.2, -0.15) is 0 Å². The Hall–Kier alpha value is -1.97. The van der Waals surface area contributed by atoms with Crippen LogP contribution in [0.15, 0.2) is 36.5 Å². The highest BCUT2D eigenvalue weighted by molar-refractivity contribution is 5.81. The molecule has 0 aliphatic rings. The van der Waals surface area contributed by atoms with E-state index in [9.17, 15) is 4.79 Å². The zero-order valence-electron chi connectivity index (χ0n) is 10.3. The Morgan fingerprint density at radius 3 is 2.71 bits per heavy atom. The van der Waals surface area contributed by atoms with E-state index in [0.29, 0.717) is 0 Å². The Morgan fingerprint density at radius 1 is 1.35 bits per heavy atom. The summed E-state index contributed by atoms with van der Waals surface area (Å²) < 4.78 is 9.75. The van der Waals surface area contributed by atoms with Crippen LogP contribution in [-0.2, 0) is 9.53 Å². The molecule has 0 fully saturated rings. The number of nitrogens with one attached hydrogen (secondary N) is 1. The van der Waals surface area contributed by atoms with Gasteiger partial charge >= 0.3 is 5.97 Å². The largest absolute Gasteiger partial charge is 0.496 e. The van der Waals surface area contributed by atoms with Crippen molar-refractivity contribution in [3.05, 3.63) is 42.1 Å². The summed E-state index contributed by atoms with van der Waals surface area (Å²) in [5, 5.41) is 3.08. The first-order chi connectivity index (χ1) is 8.19. The summed E-state index contributed by atoms with van der Waals surface area (Å²) in [5.41, 5.74) is 1.03. The van der Waals surface area contributed by atoms with Gasteiger partial charge in [-0.25, -0.2) is 4.79 Å². The Labute approximate surface area is 101 Å². The van der Waals surface area contributed by atoms with E-state index in [1.807, 2.05) is 31.2 Å². The topological polar surface area (TPSA) is 47.6 Å². The van der Waals surface area contributed by atoms with Gasteiger partial charge in [0.1, 0.15) is 5.75 Å². The average Bonchev–Trinajstić information content (AvgIpc) is 2.38. The zero-order valence-corrected chi connectivity index (χ0v) is 10.3. The highest BCUT2D eigenvalue weighted by Gasteiger charge is 2.08. The molecule has 0 saturated carbocycles. The second-order valence-electron chi connectivity index (χ2n) is 3.49. The Bertz CT molecular complexity index is 401. The fraction of sp³-hybridized carbons (Fsp3) is 0.308. The first-order valence-corrected chi connectivity index (χ1v) is 5.32. The minimum Gasteiger partial charge on any atom is -0.496 e. The van der Waals surface area contributed by atoms with Crippen molar-refractivity contribution in [1.82, 2.24) is 5.32 Å². The maximum Gasteiger partial charge on any atom is 0.331 e. The molecule has 0 unspecified atom stereocenters. The van der Waals surface area contributed by atoms with Gasteiger partial charge in [0.05, 0.1) is 20.3 Å². The Morgan fingerprint density at radius 2 is 2.06 bits per heavy atom. The van der Waals surface area contributed by atoms with Crippen LogP contribution in [0.1, 0.15) is 18.5 Å². The van der Waals surface area contributed by atoms with E-state index in [0.717, 1.165) is 11.3 Å². The predicted octanol–water partition coefficient (Wildman–Crippen LogP) is 2.03. The van der Waals surface area contributed by atoms with E-state index in [2.05, 4.69) is 10.1 Å². The normalized spacial score (nSPS) is 12.2. The number of ether oxygens (including phenoxy) is 2. The zero-order chi connectivity index (χ0) is 12.7. The van der Waals surface area contributed by atoms with Crippen molar-refractivity contribution in [3.8, 4) is 5.75 Å².